The predicted molar refractivity (Wildman–Crippen MR) is 167 cm³/mol. The number of aromatic hydroxyl groups is 1. The second-order valence-corrected chi connectivity index (χ2v) is 11.3. The molecule has 1 unspecified atom stereocenters. The van der Waals surface area contributed by atoms with Crippen molar-refractivity contribution in [1.29, 1.82) is 0 Å². The summed E-state index contributed by atoms with van der Waals surface area (Å²) in [5.41, 5.74) is 3.34. The lowest BCUT2D eigenvalue weighted by atomic mass is 9.89. The Morgan fingerprint density at radius 3 is 2.51 bits per heavy atom. The van der Waals surface area contributed by atoms with Crippen molar-refractivity contribution in [2.24, 2.45) is 0 Å². The highest BCUT2D eigenvalue weighted by molar-refractivity contribution is 6.30. The average Bonchev–Trinajstić information content (AvgIpc) is 3.36. The molecule has 1 saturated heterocycles. The number of aromatic nitrogens is 1. The first-order valence-corrected chi connectivity index (χ1v) is 14.8. The van der Waals surface area contributed by atoms with Gasteiger partial charge in [0, 0.05) is 65.2 Å². The Labute approximate surface area is 255 Å². The second kappa shape index (κ2) is 12.2. The van der Waals surface area contributed by atoms with Gasteiger partial charge in [-0.05, 0) is 50.2 Å². The summed E-state index contributed by atoms with van der Waals surface area (Å²) in [4.78, 5) is 22.5. The Balaban J connectivity index is 1.54. The molecule has 0 amide bonds. The van der Waals surface area contributed by atoms with Crippen molar-refractivity contribution in [3.8, 4) is 11.6 Å². The number of piperazine rings is 1. The van der Waals surface area contributed by atoms with Crippen LogP contribution in [0.25, 0.3) is 21.7 Å². The van der Waals surface area contributed by atoms with Crippen LogP contribution in [0.3, 0.4) is 0 Å². The SMILES string of the molecule is CCOC(=O)c1c(C)oc2c1c(C(c1ccnc(OCc3ccc(Cl)cc3)c1)N1CCN(C)CC1)c(O)c1ccccc12. The molecule has 1 fully saturated rings. The van der Waals surface area contributed by atoms with Gasteiger partial charge in [0.2, 0.25) is 5.88 Å². The molecule has 0 radical (unpaired) electrons. The molecular formula is C34H34ClN3O5. The van der Waals surface area contributed by atoms with Crippen LogP contribution in [-0.2, 0) is 11.3 Å². The number of carbonyl (C=O) groups is 1. The Hall–Kier alpha value is -4.11. The van der Waals surface area contributed by atoms with Gasteiger partial charge in [0.15, 0.2) is 0 Å². The third-order valence-corrected chi connectivity index (χ3v) is 8.32. The van der Waals surface area contributed by atoms with Crippen LogP contribution in [0, 0.1) is 6.92 Å². The molecule has 9 heteroatoms. The number of carbonyl (C=O) groups excluding carboxylic acids is 1. The van der Waals surface area contributed by atoms with E-state index in [1.807, 2.05) is 60.7 Å². The number of furan rings is 1. The Bertz CT molecular complexity index is 1780. The van der Waals surface area contributed by atoms with Crippen molar-refractivity contribution < 1.29 is 23.8 Å². The Morgan fingerprint density at radius 2 is 1.79 bits per heavy atom. The molecule has 1 N–H and O–H groups in total. The predicted octanol–water partition coefficient (Wildman–Crippen LogP) is 6.74. The van der Waals surface area contributed by atoms with Gasteiger partial charge in [-0.25, -0.2) is 9.78 Å². The maximum Gasteiger partial charge on any atom is 0.342 e. The van der Waals surface area contributed by atoms with Gasteiger partial charge in [-0.2, -0.15) is 0 Å². The molecule has 5 aromatic rings. The topological polar surface area (TPSA) is 88.3 Å². The van der Waals surface area contributed by atoms with Gasteiger partial charge in [-0.15, -0.1) is 0 Å². The van der Waals surface area contributed by atoms with E-state index in [1.54, 1.807) is 20.0 Å². The summed E-state index contributed by atoms with van der Waals surface area (Å²) in [7, 11) is 2.10. The highest BCUT2D eigenvalue weighted by atomic mass is 35.5. The van der Waals surface area contributed by atoms with E-state index in [9.17, 15) is 9.90 Å². The van der Waals surface area contributed by atoms with Crippen LogP contribution < -0.4 is 4.74 Å². The largest absolute Gasteiger partial charge is 0.507 e. The summed E-state index contributed by atoms with van der Waals surface area (Å²) in [6, 6.07) is 18.5. The molecule has 43 heavy (non-hydrogen) atoms. The molecule has 1 aliphatic rings. The van der Waals surface area contributed by atoms with E-state index in [0.717, 1.165) is 42.7 Å². The Kier molecular flexibility index (Phi) is 8.25. The number of aryl methyl sites for hydroxylation is 1. The van der Waals surface area contributed by atoms with Gasteiger partial charge in [0.05, 0.1) is 12.6 Å². The fourth-order valence-electron chi connectivity index (χ4n) is 5.91. The lowest BCUT2D eigenvalue weighted by Gasteiger charge is -2.39. The zero-order chi connectivity index (χ0) is 30.1. The molecule has 8 nitrogen and oxygen atoms in total. The fraction of sp³-hybridized carbons (Fsp3) is 0.294. The average molecular weight is 600 g/mol. The summed E-state index contributed by atoms with van der Waals surface area (Å²) in [6.07, 6.45) is 1.72. The quantitative estimate of drug-likeness (QED) is 0.196. The van der Waals surface area contributed by atoms with E-state index in [4.69, 9.17) is 25.5 Å². The molecule has 3 aromatic carbocycles. The van der Waals surface area contributed by atoms with Crippen LogP contribution in [0.2, 0.25) is 5.02 Å². The van der Waals surface area contributed by atoms with Gasteiger partial charge in [0.25, 0.3) is 0 Å². The van der Waals surface area contributed by atoms with Crippen molar-refractivity contribution in [3.05, 3.63) is 99.9 Å². The first-order chi connectivity index (χ1) is 20.9. The zero-order valence-electron chi connectivity index (χ0n) is 24.5. The minimum absolute atomic E-state index is 0.110. The van der Waals surface area contributed by atoms with Crippen molar-refractivity contribution in [2.45, 2.75) is 26.5 Å². The smallest absolute Gasteiger partial charge is 0.342 e. The minimum Gasteiger partial charge on any atom is -0.507 e. The molecular weight excluding hydrogens is 566 g/mol. The van der Waals surface area contributed by atoms with Crippen molar-refractivity contribution >= 4 is 39.3 Å². The molecule has 2 aromatic heterocycles. The molecule has 0 bridgehead atoms. The van der Waals surface area contributed by atoms with Crippen LogP contribution in [0.4, 0.5) is 0 Å². The molecule has 222 valence electrons. The van der Waals surface area contributed by atoms with Gasteiger partial charge in [-0.1, -0.05) is 48.0 Å². The fourth-order valence-corrected chi connectivity index (χ4v) is 6.04. The highest BCUT2D eigenvalue weighted by Crippen LogP contribution is 2.47. The van der Waals surface area contributed by atoms with Gasteiger partial charge >= 0.3 is 5.97 Å². The highest BCUT2D eigenvalue weighted by Gasteiger charge is 2.35. The number of nitrogens with zero attached hydrogens (tertiary/aromatic N) is 3. The van der Waals surface area contributed by atoms with E-state index in [1.165, 1.54) is 0 Å². The van der Waals surface area contributed by atoms with E-state index < -0.39 is 12.0 Å². The lowest BCUT2D eigenvalue weighted by molar-refractivity contribution is 0.0526. The molecule has 0 saturated carbocycles. The standard InChI is InChI=1S/C34H34ClN3O5/c1-4-41-34(40)28-21(2)43-33-26-8-6-5-7-25(26)32(39)30(29(28)33)31(38-17-15-37(3)16-18-38)23-13-14-36-27(19-23)42-20-22-9-11-24(35)12-10-22/h5-14,19,31,39H,4,15-18,20H2,1-3H3. The number of likely N-dealkylation sites (N-methyl/N-ethyl adjacent to an activating group) is 1. The number of hydrogen-bond acceptors (Lipinski definition) is 8. The van der Waals surface area contributed by atoms with E-state index in [0.29, 0.717) is 50.8 Å². The molecule has 1 atom stereocenters. The zero-order valence-corrected chi connectivity index (χ0v) is 25.2. The van der Waals surface area contributed by atoms with Crippen LogP contribution in [0.5, 0.6) is 11.6 Å². The molecule has 0 aliphatic carbocycles. The summed E-state index contributed by atoms with van der Waals surface area (Å²) >= 11 is 6.05. The van der Waals surface area contributed by atoms with Gasteiger partial charge in [0.1, 0.15) is 29.3 Å². The van der Waals surface area contributed by atoms with E-state index >= 15 is 0 Å². The minimum atomic E-state index is -0.478. The van der Waals surface area contributed by atoms with E-state index in [2.05, 4.69) is 21.8 Å². The molecule has 1 aliphatic heterocycles. The number of hydrogen-bond donors (Lipinski definition) is 1. The van der Waals surface area contributed by atoms with Gasteiger partial charge < -0.3 is 23.9 Å². The van der Waals surface area contributed by atoms with Crippen molar-refractivity contribution in [2.75, 3.05) is 39.8 Å². The lowest BCUT2D eigenvalue weighted by Crippen LogP contribution is -2.46. The molecule has 0 spiro atoms. The van der Waals surface area contributed by atoms with Crippen molar-refractivity contribution in [3.63, 3.8) is 0 Å². The molecule has 6 rings (SSSR count). The summed E-state index contributed by atoms with van der Waals surface area (Å²) < 4.78 is 17.9. The normalized spacial score (nSPS) is 15.2. The number of halogens is 1. The number of phenols is 1. The monoisotopic (exact) mass is 599 g/mol. The second-order valence-electron chi connectivity index (χ2n) is 10.9. The summed E-state index contributed by atoms with van der Waals surface area (Å²) in [5, 5.41) is 14.7. The first-order valence-electron chi connectivity index (χ1n) is 14.4. The van der Waals surface area contributed by atoms with Crippen LogP contribution >= 0.6 is 11.6 Å². The number of rotatable bonds is 8. The third-order valence-electron chi connectivity index (χ3n) is 8.07. The van der Waals surface area contributed by atoms with Crippen LogP contribution in [0.15, 0.2) is 71.3 Å². The number of pyridine rings is 1. The first kappa shape index (κ1) is 29.0. The van der Waals surface area contributed by atoms with Crippen molar-refractivity contribution in [1.82, 2.24) is 14.8 Å². The Morgan fingerprint density at radius 1 is 1.07 bits per heavy atom. The third kappa shape index (κ3) is 5.66. The van der Waals surface area contributed by atoms with E-state index in [-0.39, 0.29) is 12.4 Å². The summed E-state index contributed by atoms with van der Waals surface area (Å²) in [5.74, 6) is 0.536. The number of fused-ring (bicyclic) bond motifs is 3. The maximum absolute atomic E-state index is 13.4. The van der Waals surface area contributed by atoms with Crippen LogP contribution in [0.1, 0.15) is 45.8 Å². The summed E-state index contributed by atoms with van der Waals surface area (Å²) in [6.45, 7) is 7.31. The number of esters is 1. The number of phenolic OH excluding ortho intramolecular Hbond substituents is 1. The van der Waals surface area contributed by atoms with Crippen LogP contribution in [-0.4, -0.2) is 65.7 Å². The number of benzene rings is 3. The number of ether oxygens (including phenoxy) is 2. The maximum atomic E-state index is 13.4. The van der Waals surface area contributed by atoms with Gasteiger partial charge in [-0.3, -0.25) is 4.90 Å². The molecule has 3 heterocycles.